The first-order chi connectivity index (χ1) is 12.2. The Balaban J connectivity index is 1.73. The van der Waals surface area contributed by atoms with Gasteiger partial charge >= 0.3 is 0 Å². The molecule has 1 unspecified atom stereocenters. The number of pyridine rings is 1. The standard InChI is InChI=1S/C19H24N2O4S/c1-12-4-5-14-10-15(19(23)20-18(14)13(12)2)6-7-17(22)21(3)16-8-9-26(24,25)11-16/h4-5,10,16H,6-9,11H2,1-3H3,(H,20,23). The van der Waals surface area contributed by atoms with Gasteiger partial charge in [0.2, 0.25) is 5.91 Å². The highest BCUT2D eigenvalue weighted by atomic mass is 32.2. The third-order valence-electron chi connectivity index (χ3n) is 5.39. The second-order valence-corrected chi connectivity index (χ2v) is 9.39. The molecule has 1 aromatic carbocycles. The second-order valence-electron chi connectivity index (χ2n) is 7.16. The minimum atomic E-state index is -3.03. The normalized spacial score (nSPS) is 19.0. The van der Waals surface area contributed by atoms with E-state index in [1.165, 1.54) is 4.90 Å². The highest BCUT2D eigenvalue weighted by molar-refractivity contribution is 7.91. The van der Waals surface area contributed by atoms with Crippen molar-refractivity contribution in [3.05, 3.63) is 45.2 Å². The van der Waals surface area contributed by atoms with Crippen LogP contribution in [0.25, 0.3) is 10.9 Å². The molecule has 0 spiro atoms. The maximum atomic E-state index is 12.4. The van der Waals surface area contributed by atoms with E-state index < -0.39 is 9.84 Å². The van der Waals surface area contributed by atoms with Gasteiger partial charge in [0, 0.05) is 25.1 Å². The lowest BCUT2D eigenvalue weighted by atomic mass is 10.0. The number of aromatic amines is 1. The molecule has 1 amide bonds. The van der Waals surface area contributed by atoms with Crippen molar-refractivity contribution in [3.8, 4) is 0 Å². The van der Waals surface area contributed by atoms with E-state index in [9.17, 15) is 18.0 Å². The summed E-state index contributed by atoms with van der Waals surface area (Å²) in [6.07, 6.45) is 1.01. The molecule has 140 valence electrons. The van der Waals surface area contributed by atoms with Crippen molar-refractivity contribution in [2.24, 2.45) is 0 Å². The summed E-state index contributed by atoms with van der Waals surface area (Å²) >= 11 is 0. The van der Waals surface area contributed by atoms with Crippen LogP contribution in [0.3, 0.4) is 0 Å². The maximum absolute atomic E-state index is 12.4. The Morgan fingerprint density at radius 3 is 2.69 bits per heavy atom. The lowest BCUT2D eigenvalue weighted by molar-refractivity contribution is -0.131. The predicted molar refractivity (Wildman–Crippen MR) is 102 cm³/mol. The number of hydrogen-bond donors (Lipinski definition) is 1. The summed E-state index contributed by atoms with van der Waals surface area (Å²) in [6, 6.07) is 5.56. The first-order valence-corrected chi connectivity index (χ1v) is 10.6. The van der Waals surface area contributed by atoms with E-state index in [4.69, 9.17) is 0 Å². The first kappa shape index (κ1) is 18.6. The van der Waals surface area contributed by atoms with E-state index in [0.717, 1.165) is 22.0 Å². The number of aryl methyl sites for hydroxylation is 3. The number of fused-ring (bicyclic) bond motifs is 1. The van der Waals surface area contributed by atoms with Crippen LogP contribution in [0, 0.1) is 13.8 Å². The zero-order valence-electron chi connectivity index (χ0n) is 15.3. The van der Waals surface area contributed by atoms with E-state index in [-0.39, 0.29) is 35.4 Å². The summed E-state index contributed by atoms with van der Waals surface area (Å²) in [5.41, 5.74) is 3.39. The van der Waals surface area contributed by atoms with Gasteiger partial charge in [-0.1, -0.05) is 12.1 Å². The number of amides is 1. The Hall–Kier alpha value is -2.15. The molecule has 1 saturated heterocycles. The second kappa shape index (κ2) is 6.87. The maximum Gasteiger partial charge on any atom is 0.251 e. The van der Waals surface area contributed by atoms with Gasteiger partial charge in [0.1, 0.15) is 0 Å². The zero-order chi connectivity index (χ0) is 19.1. The SMILES string of the molecule is Cc1ccc2cc(CCC(=O)N(C)C3CCS(=O)(=O)C3)c(=O)[nH]c2c1C. The fourth-order valence-corrected chi connectivity index (χ4v) is 5.23. The van der Waals surface area contributed by atoms with Crippen LogP contribution in [-0.4, -0.2) is 48.8 Å². The van der Waals surface area contributed by atoms with Gasteiger partial charge in [-0.15, -0.1) is 0 Å². The van der Waals surface area contributed by atoms with Gasteiger partial charge < -0.3 is 9.88 Å². The topological polar surface area (TPSA) is 87.3 Å². The van der Waals surface area contributed by atoms with Gasteiger partial charge in [-0.25, -0.2) is 8.42 Å². The molecule has 1 aliphatic rings. The average Bonchev–Trinajstić information content (AvgIpc) is 2.96. The summed E-state index contributed by atoms with van der Waals surface area (Å²) in [7, 11) is -1.39. The van der Waals surface area contributed by atoms with Crippen molar-refractivity contribution in [2.75, 3.05) is 18.6 Å². The molecule has 0 saturated carbocycles. The third-order valence-corrected chi connectivity index (χ3v) is 7.14. The number of carbonyl (C=O) groups excluding carboxylic acids is 1. The molecule has 0 bridgehead atoms. The van der Waals surface area contributed by atoms with E-state index in [1.54, 1.807) is 7.05 Å². The Bertz CT molecular complexity index is 1020. The van der Waals surface area contributed by atoms with Crippen molar-refractivity contribution in [2.45, 2.75) is 39.2 Å². The fraction of sp³-hybridized carbons (Fsp3) is 0.474. The van der Waals surface area contributed by atoms with Crippen LogP contribution in [0.4, 0.5) is 0 Å². The highest BCUT2D eigenvalue weighted by Crippen LogP contribution is 2.20. The first-order valence-electron chi connectivity index (χ1n) is 8.76. The zero-order valence-corrected chi connectivity index (χ0v) is 16.1. The van der Waals surface area contributed by atoms with Gasteiger partial charge in [0.05, 0.1) is 17.0 Å². The quantitative estimate of drug-likeness (QED) is 0.880. The third kappa shape index (κ3) is 3.67. The molecule has 0 aliphatic carbocycles. The van der Waals surface area contributed by atoms with Crippen LogP contribution in [0.5, 0.6) is 0 Å². The van der Waals surface area contributed by atoms with Gasteiger partial charge in [0.15, 0.2) is 9.84 Å². The van der Waals surface area contributed by atoms with Gasteiger partial charge in [-0.05, 0) is 49.3 Å². The Morgan fingerprint density at radius 1 is 1.31 bits per heavy atom. The molecule has 6 nitrogen and oxygen atoms in total. The molecular weight excluding hydrogens is 352 g/mol. The van der Waals surface area contributed by atoms with E-state index in [2.05, 4.69) is 4.98 Å². The molecular formula is C19H24N2O4S. The lowest BCUT2D eigenvalue weighted by Gasteiger charge is -2.23. The minimum absolute atomic E-state index is 0.0322. The van der Waals surface area contributed by atoms with Crippen LogP contribution >= 0.6 is 0 Å². The Labute approximate surface area is 153 Å². The summed E-state index contributed by atoms with van der Waals surface area (Å²) in [6.45, 7) is 3.97. The molecule has 1 aromatic heterocycles. The van der Waals surface area contributed by atoms with Crippen molar-refractivity contribution in [1.82, 2.24) is 9.88 Å². The number of nitrogens with one attached hydrogen (secondary N) is 1. The molecule has 2 heterocycles. The molecule has 1 aliphatic heterocycles. The van der Waals surface area contributed by atoms with Crippen LogP contribution in [0.2, 0.25) is 0 Å². The number of nitrogens with zero attached hydrogens (tertiary/aromatic N) is 1. The summed E-state index contributed by atoms with van der Waals surface area (Å²) in [5.74, 6) is 0.0368. The molecule has 26 heavy (non-hydrogen) atoms. The highest BCUT2D eigenvalue weighted by Gasteiger charge is 2.32. The van der Waals surface area contributed by atoms with Gasteiger partial charge in [-0.2, -0.15) is 0 Å². The molecule has 1 fully saturated rings. The van der Waals surface area contributed by atoms with E-state index in [0.29, 0.717) is 18.4 Å². The monoisotopic (exact) mass is 376 g/mol. The number of aromatic nitrogens is 1. The summed E-state index contributed by atoms with van der Waals surface area (Å²) < 4.78 is 23.2. The number of H-pyrrole nitrogens is 1. The molecule has 2 aromatic rings. The predicted octanol–water partition coefficient (Wildman–Crippen LogP) is 1.72. The molecule has 1 atom stereocenters. The van der Waals surface area contributed by atoms with Gasteiger partial charge in [0.25, 0.3) is 5.56 Å². The van der Waals surface area contributed by atoms with Crippen LogP contribution in [0.1, 0.15) is 29.5 Å². The summed E-state index contributed by atoms with van der Waals surface area (Å²) in [4.78, 5) is 29.2. The van der Waals surface area contributed by atoms with Crippen molar-refractivity contribution in [1.29, 1.82) is 0 Å². The number of carbonyl (C=O) groups is 1. The van der Waals surface area contributed by atoms with Crippen molar-refractivity contribution >= 4 is 26.6 Å². The van der Waals surface area contributed by atoms with Crippen molar-refractivity contribution in [3.63, 3.8) is 0 Å². The number of benzene rings is 1. The van der Waals surface area contributed by atoms with E-state index >= 15 is 0 Å². The number of sulfone groups is 1. The Morgan fingerprint density at radius 2 is 2.04 bits per heavy atom. The van der Waals surface area contributed by atoms with Crippen molar-refractivity contribution < 1.29 is 13.2 Å². The molecule has 1 N–H and O–H groups in total. The lowest BCUT2D eigenvalue weighted by Crippen LogP contribution is -2.38. The van der Waals surface area contributed by atoms with Crippen LogP contribution < -0.4 is 5.56 Å². The fourth-order valence-electron chi connectivity index (χ4n) is 3.46. The van der Waals surface area contributed by atoms with Crippen LogP contribution in [0.15, 0.2) is 23.0 Å². The average molecular weight is 376 g/mol. The summed E-state index contributed by atoms with van der Waals surface area (Å²) in [5, 5.41) is 0.949. The number of rotatable bonds is 4. The van der Waals surface area contributed by atoms with E-state index in [1.807, 2.05) is 32.0 Å². The molecule has 7 heteroatoms. The Kier molecular flexibility index (Phi) is 4.92. The molecule has 0 radical (unpaired) electrons. The van der Waals surface area contributed by atoms with Gasteiger partial charge in [-0.3, -0.25) is 9.59 Å². The largest absolute Gasteiger partial charge is 0.342 e. The van der Waals surface area contributed by atoms with Crippen LogP contribution in [-0.2, 0) is 21.1 Å². The molecule has 3 rings (SSSR count). The smallest absolute Gasteiger partial charge is 0.251 e. The number of hydrogen-bond acceptors (Lipinski definition) is 4. The minimum Gasteiger partial charge on any atom is -0.342 e.